The van der Waals surface area contributed by atoms with E-state index in [-0.39, 0.29) is 12.5 Å². The van der Waals surface area contributed by atoms with Gasteiger partial charge in [-0.1, -0.05) is 0 Å². The average Bonchev–Trinajstić information content (AvgIpc) is 3.01. The highest BCUT2D eigenvalue weighted by molar-refractivity contribution is 5.98. The summed E-state index contributed by atoms with van der Waals surface area (Å²) in [6, 6.07) is 0.542. The van der Waals surface area contributed by atoms with Crippen LogP contribution in [0.5, 0.6) is 5.75 Å². The summed E-state index contributed by atoms with van der Waals surface area (Å²) in [6.07, 6.45) is 4.89. The zero-order valence-corrected chi connectivity index (χ0v) is 12.8. The summed E-state index contributed by atoms with van der Waals surface area (Å²) in [5, 5.41) is 9.56. The third kappa shape index (κ3) is 2.44. The van der Waals surface area contributed by atoms with Crippen LogP contribution >= 0.6 is 0 Å². The number of pyridine rings is 1. The third-order valence-corrected chi connectivity index (χ3v) is 4.08. The van der Waals surface area contributed by atoms with Crippen LogP contribution in [0.1, 0.15) is 33.3 Å². The lowest BCUT2D eigenvalue weighted by Gasteiger charge is -2.32. The SMILES string of the molecule is COc1cncc(C(=O)N2CCc3occc3C2C(=O)O)c1C. The molecule has 0 spiro atoms. The maximum atomic E-state index is 12.9. The molecule has 120 valence electrons. The van der Waals surface area contributed by atoms with Crippen LogP contribution in [0.3, 0.4) is 0 Å². The van der Waals surface area contributed by atoms with Crippen LogP contribution < -0.4 is 4.74 Å². The van der Waals surface area contributed by atoms with Crippen molar-refractivity contribution in [3.63, 3.8) is 0 Å². The monoisotopic (exact) mass is 316 g/mol. The van der Waals surface area contributed by atoms with E-state index in [9.17, 15) is 14.7 Å². The summed E-state index contributed by atoms with van der Waals surface area (Å²) in [5.74, 6) is -0.368. The molecule has 1 unspecified atom stereocenters. The Kier molecular flexibility index (Phi) is 3.77. The molecule has 1 atom stereocenters. The normalized spacial score (nSPS) is 16.8. The lowest BCUT2D eigenvalue weighted by Crippen LogP contribution is -2.43. The fourth-order valence-corrected chi connectivity index (χ4v) is 2.88. The number of hydrogen-bond donors (Lipinski definition) is 1. The summed E-state index contributed by atoms with van der Waals surface area (Å²) < 4.78 is 10.5. The van der Waals surface area contributed by atoms with Gasteiger partial charge in [0.25, 0.3) is 5.91 Å². The Balaban J connectivity index is 2.01. The summed E-state index contributed by atoms with van der Waals surface area (Å²) in [5.41, 5.74) is 1.49. The number of carboxylic acid groups (broad SMARTS) is 1. The smallest absolute Gasteiger partial charge is 0.331 e. The molecule has 7 heteroatoms. The van der Waals surface area contributed by atoms with Gasteiger partial charge in [-0.05, 0) is 13.0 Å². The quantitative estimate of drug-likeness (QED) is 0.928. The minimum absolute atomic E-state index is 0.271. The number of carbonyl (C=O) groups is 2. The maximum Gasteiger partial charge on any atom is 0.331 e. The first-order valence-electron chi connectivity index (χ1n) is 7.13. The molecule has 0 aromatic carbocycles. The highest BCUT2D eigenvalue weighted by Gasteiger charge is 2.38. The Labute approximate surface area is 132 Å². The summed E-state index contributed by atoms with van der Waals surface area (Å²) >= 11 is 0. The van der Waals surface area contributed by atoms with Crippen LogP contribution in [0.25, 0.3) is 0 Å². The Morgan fingerprint density at radius 2 is 2.22 bits per heavy atom. The highest BCUT2D eigenvalue weighted by atomic mass is 16.5. The Hall–Kier alpha value is -2.83. The zero-order chi connectivity index (χ0) is 16.6. The third-order valence-electron chi connectivity index (χ3n) is 4.08. The number of aromatic nitrogens is 1. The van der Waals surface area contributed by atoms with Gasteiger partial charge in [0.05, 0.1) is 25.1 Å². The largest absolute Gasteiger partial charge is 0.495 e. The van der Waals surface area contributed by atoms with Crippen molar-refractivity contribution in [1.29, 1.82) is 0 Å². The summed E-state index contributed by atoms with van der Waals surface area (Å²) in [4.78, 5) is 29.9. The molecule has 1 amide bonds. The molecule has 3 heterocycles. The predicted molar refractivity (Wildman–Crippen MR) is 79.4 cm³/mol. The van der Waals surface area contributed by atoms with Gasteiger partial charge in [0, 0.05) is 30.3 Å². The second-order valence-corrected chi connectivity index (χ2v) is 5.30. The number of amides is 1. The van der Waals surface area contributed by atoms with Crippen molar-refractivity contribution < 1.29 is 23.8 Å². The van der Waals surface area contributed by atoms with Gasteiger partial charge in [0.15, 0.2) is 6.04 Å². The van der Waals surface area contributed by atoms with Crippen molar-refractivity contribution in [2.24, 2.45) is 0 Å². The fraction of sp³-hybridized carbons (Fsp3) is 0.312. The summed E-state index contributed by atoms with van der Waals surface area (Å²) in [6.45, 7) is 2.02. The molecular formula is C16H16N2O5. The first-order valence-corrected chi connectivity index (χ1v) is 7.13. The van der Waals surface area contributed by atoms with Crippen LogP contribution in [0.2, 0.25) is 0 Å². The molecule has 1 N–H and O–H groups in total. The first-order chi connectivity index (χ1) is 11.0. The first kappa shape index (κ1) is 15.1. The molecule has 0 fully saturated rings. The minimum atomic E-state index is -1.09. The van der Waals surface area contributed by atoms with Gasteiger partial charge in [0.2, 0.25) is 0 Å². The Morgan fingerprint density at radius 1 is 1.43 bits per heavy atom. The number of nitrogens with zero attached hydrogens (tertiary/aromatic N) is 2. The van der Waals surface area contributed by atoms with Crippen molar-refractivity contribution in [2.45, 2.75) is 19.4 Å². The number of carbonyl (C=O) groups excluding carboxylic acids is 1. The number of rotatable bonds is 3. The molecular weight excluding hydrogens is 300 g/mol. The van der Waals surface area contributed by atoms with E-state index in [4.69, 9.17) is 9.15 Å². The van der Waals surface area contributed by atoms with E-state index in [0.29, 0.717) is 34.6 Å². The van der Waals surface area contributed by atoms with E-state index in [1.807, 2.05) is 0 Å². The molecule has 0 saturated carbocycles. The van der Waals surface area contributed by atoms with Crippen molar-refractivity contribution in [1.82, 2.24) is 9.88 Å². The minimum Gasteiger partial charge on any atom is -0.495 e. The molecule has 1 aliphatic rings. The van der Waals surface area contributed by atoms with Gasteiger partial charge in [-0.2, -0.15) is 0 Å². The van der Waals surface area contributed by atoms with Crippen molar-refractivity contribution >= 4 is 11.9 Å². The fourth-order valence-electron chi connectivity index (χ4n) is 2.88. The number of hydrogen-bond acceptors (Lipinski definition) is 5. The topological polar surface area (TPSA) is 92.9 Å². The van der Waals surface area contributed by atoms with Crippen molar-refractivity contribution in [2.75, 3.05) is 13.7 Å². The summed E-state index contributed by atoms with van der Waals surface area (Å²) in [7, 11) is 1.50. The number of furan rings is 1. The highest BCUT2D eigenvalue weighted by Crippen LogP contribution is 2.33. The van der Waals surface area contributed by atoms with Gasteiger partial charge in [0.1, 0.15) is 11.5 Å². The van der Waals surface area contributed by atoms with E-state index in [0.717, 1.165) is 0 Å². The average molecular weight is 316 g/mol. The standard InChI is InChI=1S/C16H16N2O5/c1-9-11(7-17-8-13(9)22-2)15(19)18-5-3-12-10(4-6-23-12)14(18)16(20)21/h4,6-8,14H,3,5H2,1-2H3,(H,20,21). The molecule has 0 bridgehead atoms. The van der Waals surface area contributed by atoms with E-state index in [1.54, 1.807) is 13.0 Å². The van der Waals surface area contributed by atoms with Crippen LogP contribution in [-0.2, 0) is 11.2 Å². The van der Waals surface area contributed by atoms with Gasteiger partial charge in [-0.15, -0.1) is 0 Å². The molecule has 2 aromatic heterocycles. The molecule has 1 aliphatic heterocycles. The molecule has 0 aliphatic carbocycles. The molecule has 2 aromatic rings. The Bertz CT molecular complexity index is 768. The second kappa shape index (κ2) is 5.75. The van der Waals surface area contributed by atoms with Crippen LogP contribution in [0, 0.1) is 6.92 Å². The molecule has 23 heavy (non-hydrogen) atoms. The number of ether oxygens (including phenoxy) is 1. The molecule has 0 saturated heterocycles. The number of fused-ring (bicyclic) bond motifs is 1. The van der Waals surface area contributed by atoms with Crippen molar-refractivity contribution in [3.05, 3.63) is 47.2 Å². The second-order valence-electron chi connectivity index (χ2n) is 5.30. The molecule has 3 rings (SSSR count). The van der Waals surface area contributed by atoms with E-state index < -0.39 is 12.0 Å². The van der Waals surface area contributed by atoms with Crippen LogP contribution in [-0.4, -0.2) is 40.5 Å². The number of methoxy groups -OCH3 is 1. The van der Waals surface area contributed by atoms with E-state index >= 15 is 0 Å². The van der Waals surface area contributed by atoms with Crippen molar-refractivity contribution in [3.8, 4) is 5.75 Å². The van der Waals surface area contributed by atoms with Crippen LogP contribution in [0.4, 0.5) is 0 Å². The van der Waals surface area contributed by atoms with E-state index in [1.165, 1.54) is 30.7 Å². The molecule has 0 radical (unpaired) electrons. The zero-order valence-electron chi connectivity index (χ0n) is 12.8. The number of carboxylic acids is 1. The lowest BCUT2D eigenvalue weighted by molar-refractivity contribution is -0.143. The van der Waals surface area contributed by atoms with E-state index in [2.05, 4.69) is 4.98 Å². The lowest BCUT2D eigenvalue weighted by atomic mass is 9.98. The maximum absolute atomic E-state index is 12.9. The predicted octanol–water partition coefficient (Wildman–Crippen LogP) is 1.82. The Morgan fingerprint density at radius 3 is 2.91 bits per heavy atom. The molecule has 7 nitrogen and oxygen atoms in total. The number of aliphatic carboxylic acids is 1. The van der Waals surface area contributed by atoms with Crippen LogP contribution in [0.15, 0.2) is 29.1 Å². The van der Waals surface area contributed by atoms with Gasteiger partial charge < -0.3 is 19.2 Å². The van der Waals surface area contributed by atoms with Gasteiger partial charge >= 0.3 is 5.97 Å². The van der Waals surface area contributed by atoms with Gasteiger partial charge in [-0.25, -0.2) is 4.79 Å². The van der Waals surface area contributed by atoms with Gasteiger partial charge in [-0.3, -0.25) is 9.78 Å².